The highest BCUT2D eigenvalue weighted by Crippen LogP contribution is 2.43. The molecule has 0 aromatic heterocycles. The van der Waals surface area contributed by atoms with Crippen molar-refractivity contribution < 1.29 is 14.3 Å². The molecule has 0 bridgehead atoms. The van der Waals surface area contributed by atoms with E-state index in [-0.39, 0.29) is 29.8 Å². The average molecular weight is 307 g/mol. The first kappa shape index (κ1) is 17.7. The van der Waals surface area contributed by atoms with Crippen LogP contribution in [-0.4, -0.2) is 51.5 Å². The van der Waals surface area contributed by atoms with Crippen molar-refractivity contribution >= 4 is 18.3 Å². The summed E-state index contributed by atoms with van der Waals surface area (Å²) in [5.74, 6) is 0.0230. The molecule has 2 aliphatic rings. The van der Waals surface area contributed by atoms with Crippen LogP contribution in [0.2, 0.25) is 0 Å². The Bertz CT molecular complexity index is 292. The molecule has 0 radical (unpaired) electrons. The van der Waals surface area contributed by atoms with Gasteiger partial charge in [0.05, 0.1) is 6.61 Å². The van der Waals surface area contributed by atoms with Crippen LogP contribution in [0.3, 0.4) is 0 Å². The second-order valence-corrected chi connectivity index (χ2v) is 5.58. The molecule has 1 heterocycles. The average Bonchev–Trinajstić information content (AvgIpc) is 2.41. The summed E-state index contributed by atoms with van der Waals surface area (Å²) in [6.45, 7) is 6.42. The van der Waals surface area contributed by atoms with Gasteiger partial charge in [-0.3, -0.25) is 4.79 Å². The van der Waals surface area contributed by atoms with E-state index in [0.29, 0.717) is 13.2 Å². The fourth-order valence-corrected chi connectivity index (χ4v) is 2.75. The van der Waals surface area contributed by atoms with Crippen LogP contribution < -0.4 is 10.6 Å². The van der Waals surface area contributed by atoms with Gasteiger partial charge in [0.25, 0.3) is 0 Å². The van der Waals surface area contributed by atoms with Crippen LogP contribution in [0.15, 0.2) is 0 Å². The number of rotatable bonds is 7. The quantitative estimate of drug-likeness (QED) is 0.692. The summed E-state index contributed by atoms with van der Waals surface area (Å²) in [5, 5.41) is 6.24. The van der Waals surface area contributed by atoms with Gasteiger partial charge in [-0.05, 0) is 31.6 Å². The van der Waals surface area contributed by atoms with Gasteiger partial charge in [0, 0.05) is 32.8 Å². The molecule has 1 unspecified atom stereocenters. The molecular formula is C14H27ClN2O3. The van der Waals surface area contributed by atoms with E-state index < -0.39 is 0 Å². The molecular weight excluding hydrogens is 280 g/mol. The van der Waals surface area contributed by atoms with E-state index in [4.69, 9.17) is 9.47 Å². The second kappa shape index (κ2) is 8.82. The number of carbonyl (C=O) groups excluding carboxylic acids is 1. The Hall–Kier alpha value is -0.360. The molecule has 1 amide bonds. The van der Waals surface area contributed by atoms with Crippen LogP contribution in [0.1, 0.15) is 32.6 Å². The normalized spacial score (nSPS) is 24.4. The Morgan fingerprint density at radius 3 is 2.85 bits per heavy atom. The van der Waals surface area contributed by atoms with Crippen molar-refractivity contribution in [3.63, 3.8) is 0 Å². The molecule has 6 heteroatoms. The number of hydrogen-bond donors (Lipinski definition) is 2. The monoisotopic (exact) mass is 306 g/mol. The Kier molecular flexibility index (Phi) is 7.80. The number of halogens is 1. The Balaban J connectivity index is 0.00000200. The molecule has 5 nitrogen and oxygen atoms in total. The first-order valence-electron chi connectivity index (χ1n) is 7.43. The highest BCUT2D eigenvalue weighted by atomic mass is 35.5. The van der Waals surface area contributed by atoms with Gasteiger partial charge in [-0.15, -0.1) is 12.4 Å². The molecule has 1 saturated heterocycles. The fourth-order valence-electron chi connectivity index (χ4n) is 2.75. The molecule has 2 N–H and O–H groups in total. The zero-order chi connectivity index (χ0) is 13.6. The maximum Gasteiger partial charge on any atom is 0.250 e. The van der Waals surface area contributed by atoms with E-state index in [1.54, 1.807) is 0 Å². The third-order valence-corrected chi connectivity index (χ3v) is 4.25. The Morgan fingerprint density at radius 2 is 2.30 bits per heavy atom. The molecule has 118 valence electrons. The number of nitrogens with one attached hydrogen (secondary N) is 2. The van der Waals surface area contributed by atoms with Crippen LogP contribution in [0.25, 0.3) is 0 Å². The lowest BCUT2D eigenvalue weighted by atomic mass is 9.66. The molecule has 2 fully saturated rings. The van der Waals surface area contributed by atoms with Crippen molar-refractivity contribution in [2.24, 2.45) is 5.41 Å². The molecule has 20 heavy (non-hydrogen) atoms. The van der Waals surface area contributed by atoms with Gasteiger partial charge in [0.1, 0.15) is 6.10 Å². The lowest BCUT2D eigenvalue weighted by Gasteiger charge is -2.42. The number of carbonyl (C=O) groups is 1. The van der Waals surface area contributed by atoms with Crippen molar-refractivity contribution in [1.29, 1.82) is 0 Å². The van der Waals surface area contributed by atoms with Gasteiger partial charge >= 0.3 is 0 Å². The molecule has 0 spiro atoms. The van der Waals surface area contributed by atoms with Gasteiger partial charge in [-0.2, -0.15) is 0 Å². The zero-order valence-corrected chi connectivity index (χ0v) is 13.1. The highest BCUT2D eigenvalue weighted by Gasteiger charge is 2.37. The molecule has 2 rings (SSSR count). The van der Waals surface area contributed by atoms with Gasteiger partial charge in [-0.25, -0.2) is 0 Å². The first-order chi connectivity index (χ1) is 9.26. The summed E-state index contributed by atoms with van der Waals surface area (Å²) in [6, 6.07) is 0. The standard InChI is InChI=1S/C14H26N2O3.ClH/c1-2-18-8-6-14(4-3-5-14)11-16-13(17)12-10-15-7-9-19-12;/h12,15H,2-11H2,1H3,(H,16,17);1H. The summed E-state index contributed by atoms with van der Waals surface area (Å²) in [5.41, 5.74) is 0.271. The van der Waals surface area contributed by atoms with Crippen molar-refractivity contribution in [3.8, 4) is 0 Å². The third kappa shape index (κ3) is 4.88. The smallest absolute Gasteiger partial charge is 0.250 e. The maximum absolute atomic E-state index is 12.0. The largest absolute Gasteiger partial charge is 0.382 e. The summed E-state index contributed by atoms with van der Waals surface area (Å²) in [4.78, 5) is 12.0. The molecule has 1 saturated carbocycles. The molecule has 1 aliphatic carbocycles. The predicted molar refractivity (Wildman–Crippen MR) is 80.3 cm³/mol. The number of morpholine rings is 1. The Morgan fingerprint density at radius 1 is 1.50 bits per heavy atom. The van der Waals surface area contributed by atoms with Crippen LogP contribution in [0, 0.1) is 5.41 Å². The number of ether oxygens (including phenoxy) is 2. The number of amides is 1. The summed E-state index contributed by atoms with van der Waals surface area (Å²) in [7, 11) is 0. The minimum absolute atomic E-state index is 0. The molecule has 1 aliphatic heterocycles. The van der Waals surface area contributed by atoms with Crippen molar-refractivity contribution in [2.75, 3.05) is 39.5 Å². The minimum atomic E-state index is -0.322. The van der Waals surface area contributed by atoms with E-state index in [2.05, 4.69) is 10.6 Å². The fraction of sp³-hybridized carbons (Fsp3) is 0.929. The topological polar surface area (TPSA) is 59.6 Å². The molecule has 0 aromatic rings. The van der Waals surface area contributed by atoms with E-state index in [0.717, 1.165) is 32.7 Å². The molecule has 1 atom stereocenters. The van der Waals surface area contributed by atoms with Gasteiger partial charge in [0.2, 0.25) is 5.91 Å². The predicted octanol–water partition coefficient (Wildman–Crippen LogP) is 1.11. The van der Waals surface area contributed by atoms with Crippen molar-refractivity contribution in [1.82, 2.24) is 10.6 Å². The van der Waals surface area contributed by atoms with E-state index >= 15 is 0 Å². The van der Waals surface area contributed by atoms with Crippen molar-refractivity contribution in [2.45, 2.75) is 38.7 Å². The lowest BCUT2D eigenvalue weighted by Crippen LogP contribution is -2.51. The maximum atomic E-state index is 12.0. The van der Waals surface area contributed by atoms with E-state index in [1.165, 1.54) is 19.3 Å². The lowest BCUT2D eigenvalue weighted by molar-refractivity contribution is -0.135. The highest BCUT2D eigenvalue weighted by molar-refractivity contribution is 5.85. The Labute approximate surface area is 127 Å². The zero-order valence-electron chi connectivity index (χ0n) is 12.3. The van der Waals surface area contributed by atoms with Crippen molar-refractivity contribution in [3.05, 3.63) is 0 Å². The number of hydrogen-bond acceptors (Lipinski definition) is 4. The summed E-state index contributed by atoms with van der Waals surface area (Å²) >= 11 is 0. The first-order valence-corrected chi connectivity index (χ1v) is 7.43. The third-order valence-electron chi connectivity index (χ3n) is 4.25. The van der Waals surface area contributed by atoms with Crippen LogP contribution >= 0.6 is 12.4 Å². The van der Waals surface area contributed by atoms with E-state index in [1.807, 2.05) is 6.92 Å². The van der Waals surface area contributed by atoms with Gasteiger partial charge in [0.15, 0.2) is 0 Å². The van der Waals surface area contributed by atoms with Gasteiger partial charge in [-0.1, -0.05) is 6.42 Å². The van der Waals surface area contributed by atoms with Crippen LogP contribution in [0.5, 0.6) is 0 Å². The van der Waals surface area contributed by atoms with E-state index in [9.17, 15) is 4.79 Å². The second-order valence-electron chi connectivity index (χ2n) is 5.58. The SMILES string of the molecule is CCOCCC1(CNC(=O)C2CNCCO2)CCC1.Cl. The summed E-state index contributed by atoms with van der Waals surface area (Å²) in [6.07, 6.45) is 4.39. The minimum Gasteiger partial charge on any atom is -0.382 e. The molecule has 0 aromatic carbocycles. The van der Waals surface area contributed by atoms with Crippen LogP contribution in [0.4, 0.5) is 0 Å². The summed E-state index contributed by atoms with van der Waals surface area (Å²) < 4.78 is 10.9. The van der Waals surface area contributed by atoms with Gasteiger partial charge < -0.3 is 20.1 Å². The van der Waals surface area contributed by atoms with Crippen LogP contribution in [-0.2, 0) is 14.3 Å².